The lowest BCUT2D eigenvalue weighted by atomic mass is 10.0. The normalized spacial score (nSPS) is 14.2. The Bertz CT molecular complexity index is 2080. The fraction of sp³-hybridized carbons (Fsp3) is 0.289. The summed E-state index contributed by atoms with van der Waals surface area (Å²) in [4.78, 5) is 43.1. The molecular formula is C38H40ClN5O7S. The molecular weight excluding hydrogens is 706 g/mol. The quantitative estimate of drug-likeness (QED) is 0.0791. The van der Waals surface area contributed by atoms with Crippen LogP contribution in [0.4, 0.5) is 16.2 Å². The van der Waals surface area contributed by atoms with Crippen molar-refractivity contribution in [3.8, 4) is 21.9 Å². The van der Waals surface area contributed by atoms with Crippen LogP contribution >= 0.6 is 22.9 Å². The first-order chi connectivity index (χ1) is 25.2. The van der Waals surface area contributed by atoms with Crippen molar-refractivity contribution < 1.29 is 29.3 Å². The maximum absolute atomic E-state index is 12.9. The first-order valence-corrected chi connectivity index (χ1v) is 18.2. The van der Waals surface area contributed by atoms with Gasteiger partial charge in [0.2, 0.25) is 11.5 Å². The number of amides is 2. The van der Waals surface area contributed by atoms with Gasteiger partial charge in [-0.1, -0.05) is 48.0 Å². The molecule has 52 heavy (non-hydrogen) atoms. The standard InChI is InChI=1S/C38H40ClN5O7S/c1-50-33-20-30(28(39)19-24(33)21-40-22-32(46)26-7-9-31(45)36-27(26)8-10-34(47)43-36)41-35(48)13-17-44-15-11-25(12-16-44)51-38(49)42-29-14-18-52-37(29)23-5-3-2-4-6-23/h2-10,14,18-20,25,32,40,45-46H,11-13,15-17,21-22H2,1H3,(H,41,48)(H,42,49)(H,43,47)/t32-/m0/s1. The number of carbonyl (C=O) groups excluding carboxylic acids is 2. The van der Waals surface area contributed by atoms with E-state index in [0.717, 1.165) is 21.7 Å². The average Bonchev–Trinajstić information content (AvgIpc) is 3.60. The highest BCUT2D eigenvalue weighted by Gasteiger charge is 2.24. The smallest absolute Gasteiger partial charge is 0.411 e. The summed E-state index contributed by atoms with van der Waals surface area (Å²) in [6.45, 7) is 2.43. The fourth-order valence-electron chi connectivity index (χ4n) is 6.26. The van der Waals surface area contributed by atoms with Crippen molar-refractivity contribution in [2.45, 2.75) is 38.0 Å². The summed E-state index contributed by atoms with van der Waals surface area (Å²) in [5.41, 5.74) is 3.37. The van der Waals surface area contributed by atoms with E-state index in [-0.39, 0.29) is 41.8 Å². The molecule has 2 aromatic heterocycles. The van der Waals surface area contributed by atoms with Crippen molar-refractivity contribution in [2.75, 3.05) is 43.9 Å². The predicted octanol–water partition coefficient (Wildman–Crippen LogP) is 6.49. The van der Waals surface area contributed by atoms with Crippen LogP contribution < -0.4 is 26.2 Å². The molecule has 272 valence electrons. The SMILES string of the molecule is COc1cc(NC(=O)CCN2CCC(OC(=O)Nc3ccsc3-c3ccccc3)CC2)c(Cl)cc1CNC[C@H](O)c1ccc(O)c2[nH]c(=O)ccc12. The topological polar surface area (TPSA) is 165 Å². The number of nitrogens with zero attached hydrogens (tertiary/aromatic N) is 1. The number of aromatic hydroxyl groups is 1. The van der Waals surface area contributed by atoms with Gasteiger partial charge in [0.1, 0.15) is 17.6 Å². The zero-order valence-electron chi connectivity index (χ0n) is 28.5. The molecule has 0 unspecified atom stereocenters. The number of nitrogens with one attached hydrogen (secondary N) is 4. The number of ether oxygens (including phenoxy) is 2. The van der Waals surface area contributed by atoms with Crippen LogP contribution in [-0.2, 0) is 16.1 Å². The van der Waals surface area contributed by atoms with Gasteiger partial charge < -0.3 is 40.2 Å². The number of rotatable bonds is 13. The van der Waals surface area contributed by atoms with E-state index in [1.165, 1.54) is 19.2 Å². The lowest BCUT2D eigenvalue weighted by Crippen LogP contribution is -2.39. The van der Waals surface area contributed by atoms with Gasteiger partial charge in [0, 0.05) is 62.2 Å². The number of aliphatic hydroxyl groups excluding tert-OH is 1. The minimum Gasteiger partial charge on any atom is -0.506 e. The maximum Gasteiger partial charge on any atom is 0.411 e. The summed E-state index contributed by atoms with van der Waals surface area (Å²) >= 11 is 8.13. The molecule has 6 rings (SSSR count). The predicted molar refractivity (Wildman–Crippen MR) is 203 cm³/mol. The van der Waals surface area contributed by atoms with Crippen LogP contribution in [0.3, 0.4) is 0 Å². The van der Waals surface area contributed by atoms with Gasteiger partial charge in [-0.25, -0.2) is 4.79 Å². The highest BCUT2D eigenvalue weighted by Crippen LogP contribution is 2.34. The van der Waals surface area contributed by atoms with Crippen molar-refractivity contribution in [3.05, 3.63) is 105 Å². The molecule has 14 heteroatoms. The van der Waals surface area contributed by atoms with E-state index in [0.29, 0.717) is 66.4 Å². The number of thiophene rings is 1. The number of carbonyl (C=O) groups is 2. The van der Waals surface area contributed by atoms with Crippen LogP contribution in [0, 0.1) is 0 Å². The molecule has 0 spiro atoms. The zero-order chi connectivity index (χ0) is 36.6. The molecule has 0 bridgehead atoms. The first kappa shape index (κ1) is 36.9. The van der Waals surface area contributed by atoms with Crippen molar-refractivity contribution in [1.82, 2.24) is 15.2 Å². The number of likely N-dealkylation sites (tertiary alicyclic amines) is 1. The molecule has 0 saturated carbocycles. The molecule has 6 N–H and O–H groups in total. The minimum absolute atomic E-state index is 0.0793. The Morgan fingerprint density at radius 2 is 1.83 bits per heavy atom. The highest BCUT2D eigenvalue weighted by molar-refractivity contribution is 7.14. The number of aromatic amines is 1. The van der Waals surface area contributed by atoms with E-state index < -0.39 is 12.2 Å². The Morgan fingerprint density at radius 1 is 1.04 bits per heavy atom. The monoisotopic (exact) mass is 745 g/mol. The van der Waals surface area contributed by atoms with Crippen LogP contribution in [0.2, 0.25) is 5.02 Å². The number of aliphatic hydroxyl groups is 1. The largest absolute Gasteiger partial charge is 0.506 e. The molecule has 2 amide bonds. The summed E-state index contributed by atoms with van der Waals surface area (Å²) in [7, 11) is 1.53. The van der Waals surface area contributed by atoms with E-state index in [1.807, 2.05) is 41.8 Å². The summed E-state index contributed by atoms with van der Waals surface area (Å²) in [5.74, 6) is 0.239. The number of aromatic nitrogens is 1. The number of anilines is 2. The van der Waals surface area contributed by atoms with Crippen molar-refractivity contribution in [2.24, 2.45) is 0 Å². The summed E-state index contributed by atoms with van der Waals surface area (Å²) in [5, 5.41) is 32.8. The molecule has 1 fully saturated rings. The van der Waals surface area contributed by atoms with Gasteiger partial charge in [0.05, 0.1) is 40.0 Å². The molecule has 1 saturated heterocycles. The second-order valence-corrected chi connectivity index (χ2v) is 13.8. The second kappa shape index (κ2) is 17.1. The number of piperidine rings is 1. The van der Waals surface area contributed by atoms with Gasteiger partial charge in [0.25, 0.3) is 0 Å². The number of halogens is 1. The number of pyridine rings is 1. The second-order valence-electron chi connectivity index (χ2n) is 12.5. The number of fused-ring (bicyclic) bond motifs is 1. The number of phenolic OH excluding ortho intramolecular Hbond substituents is 1. The van der Waals surface area contributed by atoms with Gasteiger partial charge in [-0.15, -0.1) is 11.3 Å². The van der Waals surface area contributed by atoms with E-state index >= 15 is 0 Å². The Balaban J connectivity index is 0.939. The first-order valence-electron chi connectivity index (χ1n) is 16.9. The third-order valence-corrected chi connectivity index (χ3v) is 10.2. The number of phenols is 1. The van der Waals surface area contributed by atoms with Gasteiger partial charge in [-0.2, -0.15) is 0 Å². The number of H-pyrrole nitrogens is 1. The van der Waals surface area contributed by atoms with E-state index in [1.54, 1.807) is 35.6 Å². The summed E-state index contributed by atoms with van der Waals surface area (Å²) in [6, 6.07) is 21.1. The van der Waals surface area contributed by atoms with Crippen LogP contribution in [0.25, 0.3) is 21.3 Å². The molecule has 12 nitrogen and oxygen atoms in total. The number of benzene rings is 3. The van der Waals surface area contributed by atoms with Crippen molar-refractivity contribution in [1.29, 1.82) is 0 Å². The average molecular weight is 746 g/mol. The van der Waals surface area contributed by atoms with E-state index in [2.05, 4.69) is 25.8 Å². The molecule has 0 aliphatic carbocycles. The van der Waals surface area contributed by atoms with Gasteiger partial charge in [-0.05, 0) is 53.6 Å². The van der Waals surface area contributed by atoms with E-state index in [4.69, 9.17) is 21.1 Å². The summed E-state index contributed by atoms with van der Waals surface area (Å²) in [6.07, 6.45) is -0.00453. The van der Waals surface area contributed by atoms with Crippen LogP contribution in [0.1, 0.15) is 36.5 Å². The number of hydrogen-bond acceptors (Lipinski definition) is 10. The summed E-state index contributed by atoms with van der Waals surface area (Å²) < 4.78 is 11.3. The maximum atomic E-state index is 12.9. The molecule has 0 radical (unpaired) electrons. The Kier molecular flexibility index (Phi) is 12.1. The van der Waals surface area contributed by atoms with Gasteiger partial charge in [-0.3, -0.25) is 14.9 Å². The minimum atomic E-state index is -0.933. The Hall–Kier alpha value is -4.92. The van der Waals surface area contributed by atoms with Crippen LogP contribution in [0.5, 0.6) is 11.5 Å². The van der Waals surface area contributed by atoms with Gasteiger partial charge in [0.15, 0.2) is 0 Å². The van der Waals surface area contributed by atoms with Crippen molar-refractivity contribution in [3.63, 3.8) is 0 Å². The Labute approximate surface area is 309 Å². The number of hydrogen-bond donors (Lipinski definition) is 6. The third-order valence-electron chi connectivity index (χ3n) is 8.96. The van der Waals surface area contributed by atoms with Crippen LogP contribution in [-0.4, -0.2) is 71.5 Å². The molecule has 1 atom stereocenters. The van der Waals surface area contributed by atoms with Crippen LogP contribution in [0.15, 0.2) is 83.0 Å². The Morgan fingerprint density at radius 3 is 2.60 bits per heavy atom. The molecule has 1 aliphatic heterocycles. The van der Waals surface area contributed by atoms with Gasteiger partial charge >= 0.3 is 6.09 Å². The molecule has 3 aromatic carbocycles. The zero-order valence-corrected chi connectivity index (χ0v) is 30.1. The molecule has 1 aliphatic rings. The fourth-order valence-corrected chi connectivity index (χ4v) is 7.35. The molecule has 3 heterocycles. The molecule has 5 aromatic rings. The lowest BCUT2D eigenvalue weighted by molar-refractivity contribution is -0.116. The van der Waals surface area contributed by atoms with Crippen molar-refractivity contribution >= 4 is 57.2 Å². The highest BCUT2D eigenvalue weighted by atomic mass is 35.5. The lowest BCUT2D eigenvalue weighted by Gasteiger charge is -2.31. The van der Waals surface area contributed by atoms with E-state index in [9.17, 15) is 24.6 Å². The third kappa shape index (κ3) is 9.11. The number of methoxy groups -OCH3 is 1.